The molecular formula is C22H23F6NO4. The Kier molecular flexibility index (Phi) is 7.57. The Hall–Kier alpha value is -2.95. The average molecular weight is 479 g/mol. The summed E-state index contributed by atoms with van der Waals surface area (Å²) < 4.78 is 89.7. The fourth-order valence-corrected chi connectivity index (χ4v) is 3.28. The fourth-order valence-electron chi connectivity index (χ4n) is 3.28. The number of benzene rings is 2. The highest BCUT2D eigenvalue weighted by Gasteiger charge is 2.39. The minimum absolute atomic E-state index is 0.113. The quantitative estimate of drug-likeness (QED) is 0.422. The van der Waals surface area contributed by atoms with Crippen LogP contribution in [0.5, 0.6) is 11.5 Å². The zero-order valence-electron chi connectivity index (χ0n) is 18.0. The molecule has 0 radical (unpaired) electrons. The van der Waals surface area contributed by atoms with Crippen LogP contribution < -0.4 is 15.2 Å². The van der Waals surface area contributed by atoms with Crippen LogP contribution in [0.1, 0.15) is 38.3 Å². The summed E-state index contributed by atoms with van der Waals surface area (Å²) in [4.78, 5) is 12.7. The molecular weight excluding hydrogens is 456 g/mol. The third-order valence-electron chi connectivity index (χ3n) is 4.45. The van der Waals surface area contributed by atoms with Gasteiger partial charge < -0.3 is 19.9 Å². The van der Waals surface area contributed by atoms with Crippen LogP contribution in [0, 0.1) is 0 Å². The van der Waals surface area contributed by atoms with Crippen LogP contribution in [0.15, 0.2) is 48.5 Å². The van der Waals surface area contributed by atoms with Gasteiger partial charge in [0.15, 0.2) is 0 Å². The molecule has 0 unspecified atom stereocenters. The Morgan fingerprint density at radius 2 is 1.24 bits per heavy atom. The first kappa shape index (κ1) is 26.3. The minimum Gasteiger partial charge on any atom is -0.460 e. The number of carbonyl (C=O) groups excluding carboxylic acids is 1. The van der Waals surface area contributed by atoms with Crippen molar-refractivity contribution in [3.63, 3.8) is 0 Å². The fraction of sp³-hybridized carbons (Fsp3) is 0.409. The predicted molar refractivity (Wildman–Crippen MR) is 107 cm³/mol. The SMILES string of the molecule is CC(C)(C)OC(=O)CC(CN)(c1cccc(OC(F)(F)F)c1)c1cccc(OC(F)(F)F)c1. The van der Waals surface area contributed by atoms with Crippen LogP contribution in [0.3, 0.4) is 0 Å². The maximum atomic E-state index is 12.7. The summed E-state index contributed by atoms with van der Waals surface area (Å²) in [5.74, 6) is -1.91. The molecule has 2 N–H and O–H groups in total. The van der Waals surface area contributed by atoms with E-state index in [0.717, 1.165) is 24.3 Å². The van der Waals surface area contributed by atoms with Crippen molar-refractivity contribution in [3.05, 3.63) is 59.7 Å². The Labute approximate surface area is 186 Å². The first-order chi connectivity index (χ1) is 15.0. The molecule has 0 bridgehead atoms. The van der Waals surface area contributed by atoms with Crippen molar-refractivity contribution < 1.29 is 45.3 Å². The molecule has 2 rings (SSSR count). The van der Waals surface area contributed by atoms with Gasteiger partial charge in [0.05, 0.1) is 6.42 Å². The van der Waals surface area contributed by atoms with Crippen molar-refractivity contribution >= 4 is 5.97 Å². The molecule has 0 aliphatic carbocycles. The second-order valence-electron chi connectivity index (χ2n) is 8.20. The number of esters is 1. The molecule has 0 spiro atoms. The number of rotatable bonds is 7. The maximum Gasteiger partial charge on any atom is 0.573 e. The van der Waals surface area contributed by atoms with Gasteiger partial charge in [-0.2, -0.15) is 0 Å². The number of nitrogens with two attached hydrogens (primary N) is 1. The highest BCUT2D eigenvalue weighted by atomic mass is 19.4. The molecule has 5 nitrogen and oxygen atoms in total. The first-order valence-electron chi connectivity index (χ1n) is 9.67. The van der Waals surface area contributed by atoms with E-state index in [0.29, 0.717) is 0 Å². The van der Waals surface area contributed by atoms with E-state index in [1.165, 1.54) is 24.3 Å². The molecule has 2 aromatic rings. The Morgan fingerprint density at radius 3 is 1.58 bits per heavy atom. The van der Waals surface area contributed by atoms with Gasteiger partial charge in [-0.3, -0.25) is 4.79 Å². The van der Waals surface area contributed by atoms with Gasteiger partial charge in [-0.25, -0.2) is 0 Å². The highest BCUT2D eigenvalue weighted by Crippen LogP contribution is 2.39. The van der Waals surface area contributed by atoms with Gasteiger partial charge in [-0.1, -0.05) is 24.3 Å². The summed E-state index contributed by atoms with van der Waals surface area (Å²) in [7, 11) is 0. The summed E-state index contributed by atoms with van der Waals surface area (Å²) >= 11 is 0. The molecule has 182 valence electrons. The Bertz CT molecular complexity index is 907. The summed E-state index contributed by atoms with van der Waals surface area (Å²) in [5, 5.41) is 0. The van der Waals surface area contributed by atoms with E-state index in [1.54, 1.807) is 20.8 Å². The number of halogens is 6. The van der Waals surface area contributed by atoms with Crippen molar-refractivity contribution in [2.24, 2.45) is 5.73 Å². The van der Waals surface area contributed by atoms with Crippen LogP contribution in [-0.4, -0.2) is 30.8 Å². The lowest BCUT2D eigenvalue weighted by molar-refractivity contribution is -0.275. The number of hydrogen-bond acceptors (Lipinski definition) is 5. The molecule has 2 aromatic carbocycles. The topological polar surface area (TPSA) is 70.8 Å². The van der Waals surface area contributed by atoms with Gasteiger partial charge in [0.25, 0.3) is 0 Å². The maximum absolute atomic E-state index is 12.7. The summed E-state index contributed by atoms with van der Waals surface area (Å²) in [5.41, 5.74) is 3.80. The monoisotopic (exact) mass is 479 g/mol. The third-order valence-corrected chi connectivity index (χ3v) is 4.45. The lowest BCUT2D eigenvalue weighted by atomic mass is 9.72. The Morgan fingerprint density at radius 1 is 0.818 bits per heavy atom. The van der Waals surface area contributed by atoms with Gasteiger partial charge in [0.2, 0.25) is 0 Å². The molecule has 0 aromatic heterocycles. The van der Waals surface area contributed by atoms with E-state index < -0.39 is 47.6 Å². The molecule has 0 aliphatic rings. The highest BCUT2D eigenvalue weighted by molar-refractivity contribution is 5.73. The van der Waals surface area contributed by atoms with E-state index in [-0.39, 0.29) is 17.7 Å². The van der Waals surface area contributed by atoms with Crippen molar-refractivity contribution in [2.45, 2.75) is 50.9 Å². The molecule has 33 heavy (non-hydrogen) atoms. The van der Waals surface area contributed by atoms with Gasteiger partial charge in [-0.05, 0) is 56.2 Å². The standard InChI is InChI=1S/C22H23F6NO4/c1-19(2,3)33-18(30)12-20(13-29,14-6-4-8-16(10-14)31-21(23,24)25)15-7-5-9-17(11-15)32-22(26,27)28/h4-11H,12-13,29H2,1-3H3. The van der Waals surface area contributed by atoms with E-state index >= 15 is 0 Å². The summed E-state index contributed by atoms with van der Waals surface area (Å²) in [6.45, 7) is 4.50. The minimum atomic E-state index is -4.98. The first-order valence-corrected chi connectivity index (χ1v) is 9.67. The predicted octanol–water partition coefficient (Wildman–Crippen LogP) is 5.46. The molecule has 0 atom stereocenters. The van der Waals surface area contributed by atoms with Crippen molar-refractivity contribution in [1.82, 2.24) is 0 Å². The molecule has 0 saturated heterocycles. The molecule has 0 saturated carbocycles. The van der Waals surface area contributed by atoms with E-state index in [2.05, 4.69) is 9.47 Å². The zero-order chi connectivity index (χ0) is 25.1. The second kappa shape index (κ2) is 9.50. The number of alkyl halides is 6. The smallest absolute Gasteiger partial charge is 0.460 e. The van der Waals surface area contributed by atoms with Gasteiger partial charge in [-0.15, -0.1) is 26.3 Å². The lowest BCUT2D eigenvalue weighted by Gasteiger charge is -2.34. The Balaban J connectivity index is 2.63. The second-order valence-corrected chi connectivity index (χ2v) is 8.20. The van der Waals surface area contributed by atoms with Crippen LogP contribution in [-0.2, 0) is 14.9 Å². The lowest BCUT2D eigenvalue weighted by Crippen LogP contribution is -2.40. The van der Waals surface area contributed by atoms with Crippen molar-refractivity contribution in [3.8, 4) is 11.5 Å². The summed E-state index contributed by atoms with van der Waals surface area (Å²) in [6.07, 6.45) is -10.4. The molecule has 0 fully saturated rings. The average Bonchev–Trinajstić information content (AvgIpc) is 2.62. The molecule has 0 amide bonds. The zero-order valence-corrected chi connectivity index (χ0v) is 18.0. The van der Waals surface area contributed by atoms with E-state index in [9.17, 15) is 31.1 Å². The van der Waals surface area contributed by atoms with E-state index in [4.69, 9.17) is 10.5 Å². The number of carbonyl (C=O) groups is 1. The van der Waals surface area contributed by atoms with Crippen LogP contribution in [0.4, 0.5) is 26.3 Å². The van der Waals surface area contributed by atoms with Crippen molar-refractivity contribution in [2.75, 3.05) is 6.54 Å². The van der Waals surface area contributed by atoms with Crippen LogP contribution >= 0.6 is 0 Å². The van der Waals surface area contributed by atoms with Gasteiger partial charge in [0, 0.05) is 12.0 Å². The number of ether oxygens (including phenoxy) is 3. The number of hydrogen-bond donors (Lipinski definition) is 1. The summed E-state index contributed by atoms with van der Waals surface area (Å²) in [6, 6.07) is 9.47. The normalized spacial score (nSPS) is 12.9. The van der Waals surface area contributed by atoms with Crippen LogP contribution in [0.25, 0.3) is 0 Å². The molecule has 11 heteroatoms. The van der Waals surface area contributed by atoms with Gasteiger partial charge >= 0.3 is 18.7 Å². The van der Waals surface area contributed by atoms with Crippen molar-refractivity contribution in [1.29, 1.82) is 0 Å². The van der Waals surface area contributed by atoms with Crippen LogP contribution in [0.2, 0.25) is 0 Å². The largest absolute Gasteiger partial charge is 0.573 e. The van der Waals surface area contributed by atoms with E-state index in [1.807, 2.05) is 0 Å². The molecule has 0 aliphatic heterocycles. The molecule has 0 heterocycles. The van der Waals surface area contributed by atoms with Gasteiger partial charge in [0.1, 0.15) is 17.1 Å². The third kappa shape index (κ3) is 7.85.